The molecule has 2 heteroatoms. The minimum atomic E-state index is -0.270. The van der Waals surface area contributed by atoms with E-state index in [1.165, 1.54) is 16.7 Å². The zero-order valence-corrected chi connectivity index (χ0v) is 16.8. The number of hydrogen-bond acceptors (Lipinski definition) is 2. The highest BCUT2D eigenvalue weighted by Gasteiger charge is 2.31. The molecule has 0 saturated carbocycles. The molecule has 0 amide bonds. The smallest absolute Gasteiger partial charge is 0.120 e. The Morgan fingerprint density at radius 3 is 1.44 bits per heavy atom. The first kappa shape index (κ1) is 19.0. The lowest BCUT2D eigenvalue weighted by Gasteiger charge is -2.32. The van der Waals surface area contributed by atoms with Gasteiger partial charge in [-0.25, -0.2) is 0 Å². The molecule has 0 aliphatic heterocycles. The van der Waals surface area contributed by atoms with Crippen molar-refractivity contribution in [1.29, 1.82) is 0 Å². The van der Waals surface area contributed by atoms with Crippen LogP contribution >= 0.6 is 0 Å². The minimum absolute atomic E-state index is 0.208. The molecule has 27 heavy (non-hydrogen) atoms. The molecular weight excluding hydrogens is 332 g/mol. The van der Waals surface area contributed by atoms with Crippen LogP contribution in [-0.2, 0) is 5.41 Å². The van der Waals surface area contributed by atoms with Crippen molar-refractivity contribution in [3.63, 3.8) is 0 Å². The van der Waals surface area contributed by atoms with Crippen LogP contribution in [-0.4, -0.2) is 12.7 Å². The highest BCUT2D eigenvalue weighted by molar-refractivity contribution is 5.51. The van der Waals surface area contributed by atoms with Crippen molar-refractivity contribution in [3.8, 4) is 11.5 Å². The molecule has 1 atom stereocenters. The average molecular weight is 360 g/mol. The van der Waals surface area contributed by atoms with Gasteiger partial charge in [0.15, 0.2) is 0 Å². The van der Waals surface area contributed by atoms with Gasteiger partial charge in [0.2, 0.25) is 0 Å². The van der Waals surface area contributed by atoms with Gasteiger partial charge in [0.25, 0.3) is 0 Å². The zero-order valence-electron chi connectivity index (χ0n) is 16.8. The fraction of sp³-hybridized carbons (Fsp3) is 0.280. The molecule has 3 aromatic carbocycles. The van der Waals surface area contributed by atoms with Crippen LogP contribution < -0.4 is 9.47 Å². The highest BCUT2D eigenvalue weighted by atomic mass is 16.5. The van der Waals surface area contributed by atoms with E-state index >= 15 is 0 Å². The summed E-state index contributed by atoms with van der Waals surface area (Å²) in [5.41, 5.74) is 3.22. The standard InChI is InChI=1S/C25H28O2/c1-24(2,3)27-23-17-13-21(14-18-23)25(4,19-9-7-6-8-10-19)20-11-15-22(26-5)16-12-20/h6-18H,1-5H3/t25-/m1/s1. The third-order valence-electron chi connectivity index (χ3n) is 4.87. The fourth-order valence-electron chi connectivity index (χ4n) is 3.41. The molecule has 3 rings (SSSR count). The first-order chi connectivity index (χ1) is 12.8. The highest BCUT2D eigenvalue weighted by Crippen LogP contribution is 2.40. The van der Waals surface area contributed by atoms with Crippen molar-refractivity contribution >= 4 is 0 Å². The summed E-state index contributed by atoms with van der Waals surface area (Å²) < 4.78 is 11.3. The molecule has 0 spiro atoms. The van der Waals surface area contributed by atoms with E-state index in [1.54, 1.807) is 7.11 Å². The molecule has 0 radical (unpaired) electrons. The summed E-state index contributed by atoms with van der Waals surface area (Å²) in [4.78, 5) is 0. The van der Waals surface area contributed by atoms with E-state index in [0.29, 0.717) is 0 Å². The van der Waals surface area contributed by atoms with Gasteiger partial charge >= 0.3 is 0 Å². The van der Waals surface area contributed by atoms with Crippen LogP contribution in [0.3, 0.4) is 0 Å². The van der Waals surface area contributed by atoms with Gasteiger partial charge in [0.1, 0.15) is 17.1 Å². The van der Waals surface area contributed by atoms with Crippen molar-refractivity contribution in [2.75, 3.05) is 7.11 Å². The van der Waals surface area contributed by atoms with Gasteiger partial charge in [-0.2, -0.15) is 0 Å². The van der Waals surface area contributed by atoms with E-state index in [-0.39, 0.29) is 11.0 Å². The van der Waals surface area contributed by atoms with E-state index in [1.807, 2.05) is 12.1 Å². The SMILES string of the molecule is COc1ccc([C@@](C)(c2ccccc2)c2ccc(OC(C)(C)C)cc2)cc1. The Kier molecular flexibility index (Phi) is 5.27. The number of ether oxygens (including phenoxy) is 2. The van der Waals surface area contributed by atoms with Gasteiger partial charge < -0.3 is 9.47 Å². The third kappa shape index (κ3) is 4.16. The topological polar surface area (TPSA) is 18.5 Å². The quantitative estimate of drug-likeness (QED) is 0.502. The molecule has 140 valence electrons. The normalized spacial score (nSPS) is 13.7. The fourth-order valence-corrected chi connectivity index (χ4v) is 3.41. The summed E-state index contributed by atoms with van der Waals surface area (Å²) in [6.07, 6.45) is 0. The minimum Gasteiger partial charge on any atom is -0.497 e. The average Bonchev–Trinajstić information content (AvgIpc) is 2.67. The summed E-state index contributed by atoms with van der Waals surface area (Å²) >= 11 is 0. The summed E-state index contributed by atoms with van der Waals surface area (Å²) in [5.74, 6) is 1.75. The van der Waals surface area contributed by atoms with Crippen LogP contribution in [0.4, 0.5) is 0 Å². The van der Waals surface area contributed by atoms with Gasteiger partial charge in [-0.05, 0) is 68.7 Å². The monoisotopic (exact) mass is 360 g/mol. The van der Waals surface area contributed by atoms with Crippen LogP contribution in [0.1, 0.15) is 44.4 Å². The van der Waals surface area contributed by atoms with Gasteiger partial charge in [-0.1, -0.05) is 54.6 Å². The molecule has 0 bridgehead atoms. The number of methoxy groups -OCH3 is 1. The molecule has 0 unspecified atom stereocenters. The molecule has 0 aliphatic rings. The second-order valence-corrected chi connectivity index (χ2v) is 7.96. The Bertz CT molecular complexity index is 859. The first-order valence-corrected chi connectivity index (χ1v) is 9.32. The van der Waals surface area contributed by atoms with Gasteiger partial charge in [-0.3, -0.25) is 0 Å². The van der Waals surface area contributed by atoms with E-state index in [0.717, 1.165) is 11.5 Å². The third-order valence-corrected chi connectivity index (χ3v) is 4.87. The Morgan fingerprint density at radius 1 is 0.556 bits per heavy atom. The second-order valence-electron chi connectivity index (χ2n) is 7.96. The van der Waals surface area contributed by atoms with Gasteiger partial charge in [0, 0.05) is 5.41 Å². The molecule has 2 nitrogen and oxygen atoms in total. The Balaban J connectivity index is 2.07. The number of rotatable bonds is 5. The summed E-state index contributed by atoms with van der Waals surface area (Å²) in [5, 5.41) is 0. The summed E-state index contributed by atoms with van der Waals surface area (Å²) in [6, 6.07) is 27.4. The predicted molar refractivity (Wildman–Crippen MR) is 112 cm³/mol. The largest absolute Gasteiger partial charge is 0.497 e. The maximum Gasteiger partial charge on any atom is 0.120 e. The maximum atomic E-state index is 5.99. The van der Waals surface area contributed by atoms with Crippen molar-refractivity contribution in [1.82, 2.24) is 0 Å². The van der Waals surface area contributed by atoms with Crippen LogP contribution in [0.2, 0.25) is 0 Å². The summed E-state index contributed by atoms with van der Waals surface area (Å²) in [6.45, 7) is 8.45. The maximum absolute atomic E-state index is 5.99. The molecule has 0 saturated heterocycles. The lowest BCUT2D eigenvalue weighted by Crippen LogP contribution is -2.26. The van der Waals surface area contributed by atoms with E-state index in [2.05, 4.69) is 94.4 Å². The molecular formula is C25H28O2. The van der Waals surface area contributed by atoms with Crippen molar-refractivity contribution in [2.45, 2.75) is 38.7 Å². The van der Waals surface area contributed by atoms with E-state index in [9.17, 15) is 0 Å². The second kappa shape index (κ2) is 7.48. The van der Waals surface area contributed by atoms with Gasteiger partial charge in [-0.15, -0.1) is 0 Å². The molecule has 0 fully saturated rings. The zero-order chi connectivity index (χ0) is 19.5. The Hall–Kier alpha value is -2.74. The van der Waals surface area contributed by atoms with E-state index in [4.69, 9.17) is 9.47 Å². The van der Waals surface area contributed by atoms with Crippen molar-refractivity contribution < 1.29 is 9.47 Å². The van der Waals surface area contributed by atoms with Gasteiger partial charge in [0.05, 0.1) is 7.11 Å². The molecule has 0 heterocycles. The molecule has 0 aromatic heterocycles. The number of benzene rings is 3. The molecule has 3 aromatic rings. The predicted octanol–water partition coefficient (Wildman–Crippen LogP) is 6.23. The van der Waals surface area contributed by atoms with Crippen LogP contribution in [0.5, 0.6) is 11.5 Å². The Morgan fingerprint density at radius 2 is 1.00 bits per heavy atom. The van der Waals surface area contributed by atoms with Crippen LogP contribution in [0.15, 0.2) is 78.9 Å². The van der Waals surface area contributed by atoms with Crippen LogP contribution in [0, 0.1) is 0 Å². The first-order valence-electron chi connectivity index (χ1n) is 9.32. The van der Waals surface area contributed by atoms with E-state index < -0.39 is 0 Å². The van der Waals surface area contributed by atoms with Crippen molar-refractivity contribution in [3.05, 3.63) is 95.6 Å². The molecule has 0 N–H and O–H groups in total. The lowest BCUT2D eigenvalue weighted by molar-refractivity contribution is 0.131. The summed E-state index contributed by atoms with van der Waals surface area (Å²) in [7, 11) is 1.69. The lowest BCUT2D eigenvalue weighted by atomic mass is 9.71. The Labute approximate surface area is 162 Å². The van der Waals surface area contributed by atoms with Crippen molar-refractivity contribution in [2.24, 2.45) is 0 Å². The molecule has 0 aliphatic carbocycles. The number of hydrogen-bond donors (Lipinski definition) is 0. The van der Waals surface area contributed by atoms with Crippen LogP contribution in [0.25, 0.3) is 0 Å².